The molecule has 0 aliphatic carbocycles. The highest BCUT2D eigenvalue weighted by Crippen LogP contribution is 2.16. The van der Waals surface area contributed by atoms with E-state index in [0.717, 1.165) is 5.56 Å². The number of aromatic nitrogens is 2. The summed E-state index contributed by atoms with van der Waals surface area (Å²) in [4.78, 5) is 25.9. The van der Waals surface area contributed by atoms with Crippen molar-refractivity contribution >= 4 is 26.6 Å². The molecule has 7 nitrogen and oxygen atoms in total. The lowest BCUT2D eigenvalue weighted by Gasteiger charge is -2.11. The van der Waals surface area contributed by atoms with E-state index in [2.05, 4.69) is 5.10 Å². The zero-order valence-electron chi connectivity index (χ0n) is 17.8. The first kappa shape index (κ1) is 22.4. The maximum absolute atomic E-state index is 12.9. The molecule has 0 amide bonds. The molecule has 0 aliphatic heterocycles. The molecule has 33 heavy (non-hydrogen) atoms. The second-order valence-electron chi connectivity index (χ2n) is 7.46. The molecule has 0 unspecified atom stereocenters. The highest BCUT2D eigenvalue weighted by Gasteiger charge is 2.19. The molecule has 0 atom stereocenters. The predicted molar refractivity (Wildman–Crippen MR) is 125 cm³/mol. The van der Waals surface area contributed by atoms with Crippen LogP contribution < -0.4 is 5.56 Å². The van der Waals surface area contributed by atoms with E-state index in [1.807, 2.05) is 30.3 Å². The van der Waals surface area contributed by atoms with Crippen LogP contribution in [0, 0.1) is 0 Å². The van der Waals surface area contributed by atoms with Gasteiger partial charge in [-0.25, -0.2) is 17.9 Å². The Hall–Kier alpha value is -3.78. The van der Waals surface area contributed by atoms with Crippen molar-refractivity contribution in [3.8, 4) is 0 Å². The van der Waals surface area contributed by atoms with E-state index >= 15 is 0 Å². The Bertz CT molecular complexity index is 1430. The third kappa shape index (κ3) is 5.18. The number of sulfone groups is 1. The van der Waals surface area contributed by atoms with Crippen molar-refractivity contribution in [1.29, 1.82) is 0 Å². The van der Waals surface area contributed by atoms with E-state index in [9.17, 15) is 18.0 Å². The smallest absolute Gasteiger partial charge is 0.359 e. The number of hydrogen-bond donors (Lipinski definition) is 0. The van der Waals surface area contributed by atoms with Gasteiger partial charge in [0.25, 0.3) is 5.56 Å². The minimum Gasteiger partial charge on any atom is -0.461 e. The molecular formula is C25H22N2O5S. The summed E-state index contributed by atoms with van der Waals surface area (Å²) in [6, 6.07) is 24.2. The van der Waals surface area contributed by atoms with Crippen LogP contribution in [0.2, 0.25) is 0 Å². The lowest BCUT2D eigenvalue weighted by molar-refractivity contribution is 0.0498. The molecule has 0 radical (unpaired) electrons. The van der Waals surface area contributed by atoms with Gasteiger partial charge in [0.2, 0.25) is 0 Å². The first-order valence-corrected chi connectivity index (χ1v) is 12.1. The van der Waals surface area contributed by atoms with Gasteiger partial charge in [-0.2, -0.15) is 5.10 Å². The van der Waals surface area contributed by atoms with E-state index in [1.54, 1.807) is 42.5 Å². The number of hydrogen-bond acceptors (Lipinski definition) is 6. The average molecular weight is 463 g/mol. The molecule has 8 heteroatoms. The Balaban J connectivity index is 1.51. The minimum atomic E-state index is -3.46. The maximum atomic E-state index is 12.9. The predicted octanol–water partition coefficient (Wildman–Crippen LogP) is 3.47. The third-order valence-corrected chi connectivity index (χ3v) is 6.95. The second kappa shape index (κ2) is 9.79. The molecule has 3 aromatic carbocycles. The molecule has 168 valence electrons. The van der Waals surface area contributed by atoms with Gasteiger partial charge in [0.1, 0.15) is 0 Å². The summed E-state index contributed by atoms with van der Waals surface area (Å²) >= 11 is 0. The number of nitrogens with zero attached hydrogens (tertiary/aromatic N) is 2. The van der Waals surface area contributed by atoms with Crippen molar-refractivity contribution in [3.63, 3.8) is 0 Å². The zero-order chi connectivity index (χ0) is 23.3. The van der Waals surface area contributed by atoms with Gasteiger partial charge >= 0.3 is 5.97 Å². The van der Waals surface area contributed by atoms with Crippen LogP contribution in [0.15, 0.2) is 94.6 Å². The highest BCUT2D eigenvalue weighted by molar-refractivity contribution is 7.91. The van der Waals surface area contributed by atoms with Crippen LogP contribution in [0.5, 0.6) is 0 Å². The number of rotatable bonds is 8. The normalized spacial score (nSPS) is 11.4. The van der Waals surface area contributed by atoms with Crippen LogP contribution in [-0.4, -0.2) is 36.5 Å². The van der Waals surface area contributed by atoms with Crippen LogP contribution in [-0.2, 0) is 21.1 Å². The number of carbonyl (C=O) groups excluding carboxylic acids is 1. The summed E-state index contributed by atoms with van der Waals surface area (Å²) in [6.45, 7) is 0.124. The van der Waals surface area contributed by atoms with Gasteiger partial charge < -0.3 is 4.74 Å². The summed E-state index contributed by atoms with van der Waals surface area (Å²) in [5.74, 6) is -0.850. The quantitative estimate of drug-likeness (QED) is 0.294. The molecule has 0 spiro atoms. The van der Waals surface area contributed by atoms with Crippen LogP contribution in [0.4, 0.5) is 0 Å². The summed E-state index contributed by atoms with van der Waals surface area (Å²) in [6.07, 6.45) is 0.143. The number of carbonyl (C=O) groups is 1. The molecule has 4 aromatic rings. The summed E-state index contributed by atoms with van der Waals surface area (Å²) in [5, 5.41) is 5.04. The van der Waals surface area contributed by atoms with Crippen molar-refractivity contribution in [1.82, 2.24) is 9.78 Å². The van der Waals surface area contributed by atoms with Gasteiger partial charge in [0.15, 0.2) is 15.5 Å². The second-order valence-corrected chi connectivity index (χ2v) is 9.57. The average Bonchev–Trinajstić information content (AvgIpc) is 2.85. The fourth-order valence-corrected chi connectivity index (χ4v) is 4.78. The number of fused-ring (bicyclic) bond motifs is 1. The molecule has 0 aliphatic rings. The molecule has 4 rings (SSSR count). The van der Waals surface area contributed by atoms with Crippen molar-refractivity contribution < 1.29 is 17.9 Å². The SMILES string of the molecule is O=C(OCCCS(=O)(=O)c1ccccc1)c1nn(Cc2ccccc2)c(=O)c2ccccc12. The monoisotopic (exact) mass is 462 g/mol. The fourth-order valence-electron chi connectivity index (χ4n) is 3.48. The minimum absolute atomic E-state index is 0.0204. The van der Waals surface area contributed by atoms with Gasteiger partial charge in [0, 0.05) is 5.39 Å². The van der Waals surface area contributed by atoms with E-state index < -0.39 is 15.8 Å². The third-order valence-electron chi connectivity index (χ3n) is 5.13. The molecule has 0 N–H and O–H groups in total. The number of esters is 1. The lowest BCUT2D eigenvalue weighted by atomic mass is 10.1. The molecular weight excluding hydrogens is 440 g/mol. The fraction of sp³-hybridized carbons (Fsp3) is 0.160. The summed E-state index contributed by atoms with van der Waals surface area (Å²) in [7, 11) is -3.46. The first-order chi connectivity index (χ1) is 16.0. The zero-order valence-corrected chi connectivity index (χ0v) is 18.6. The topological polar surface area (TPSA) is 95.3 Å². The highest BCUT2D eigenvalue weighted by atomic mass is 32.2. The number of ether oxygens (including phenoxy) is 1. The summed E-state index contributed by atoms with van der Waals surface area (Å²) < 4.78 is 31.3. The van der Waals surface area contributed by atoms with Crippen LogP contribution in [0.25, 0.3) is 10.8 Å². The molecule has 0 fully saturated rings. The van der Waals surface area contributed by atoms with Gasteiger partial charge in [-0.05, 0) is 30.2 Å². The molecule has 0 saturated carbocycles. The van der Waals surface area contributed by atoms with E-state index in [0.29, 0.717) is 10.8 Å². The van der Waals surface area contributed by atoms with Gasteiger partial charge in [0.05, 0.1) is 29.2 Å². The van der Waals surface area contributed by atoms with Crippen molar-refractivity contribution in [2.75, 3.05) is 12.4 Å². The Kier molecular flexibility index (Phi) is 6.65. The Morgan fingerprint density at radius 3 is 2.15 bits per heavy atom. The lowest BCUT2D eigenvalue weighted by Crippen LogP contribution is -2.27. The Morgan fingerprint density at radius 2 is 1.45 bits per heavy atom. The van der Waals surface area contributed by atoms with Crippen molar-refractivity contribution in [2.24, 2.45) is 0 Å². The molecule has 1 heterocycles. The largest absolute Gasteiger partial charge is 0.461 e. The van der Waals surface area contributed by atoms with Crippen molar-refractivity contribution in [3.05, 3.63) is 107 Å². The summed E-state index contributed by atoms with van der Waals surface area (Å²) in [5.41, 5.74) is 0.583. The van der Waals surface area contributed by atoms with Gasteiger partial charge in [-0.15, -0.1) is 0 Å². The van der Waals surface area contributed by atoms with Crippen LogP contribution in [0.3, 0.4) is 0 Å². The Labute approximate surface area is 191 Å². The number of benzene rings is 3. The van der Waals surface area contributed by atoms with E-state index in [4.69, 9.17) is 4.74 Å². The molecule has 1 aromatic heterocycles. The molecule has 0 bridgehead atoms. The van der Waals surface area contributed by atoms with E-state index in [-0.39, 0.29) is 41.5 Å². The van der Waals surface area contributed by atoms with E-state index in [1.165, 1.54) is 16.8 Å². The van der Waals surface area contributed by atoms with Gasteiger partial charge in [-0.1, -0.05) is 66.7 Å². The van der Waals surface area contributed by atoms with Crippen molar-refractivity contribution in [2.45, 2.75) is 17.9 Å². The molecule has 0 saturated heterocycles. The standard InChI is InChI=1S/C25H22N2O5S/c28-24-22-15-8-7-14-21(22)23(26-27(24)18-19-10-3-1-4-11-19)25(29)32-16-9-17-33(30,31)20-12-5-2-6-13-20/h1-8,10-15H,9,16-18H2. The van der Waals surface area contributed by atoms with Crippen LogP contribution in [0.1, 0.15) is 22.5 Å². The first-order valence-electron chi connectivity index (χ1n) is 10.4. The van der Waals surface area contributed by atoms with Crippen LogP contribution >= 0.6 is 0 Å². The van der Waals surface area contributed by atoms with Gasteiger partial charge in [-0.3, -0.25) is 4.79 Å². The Morgan fingerprint density at radius 1 is 0.848 bits per heavy atom. The maximum Gasteiger partial charge on any atom is 0.359 e.